The standard InChI is InChI=1S/C20H21N3O2S/c1-2-3-4-10-15(22-19(25)16-11-7-8-13-21-16)18(24)20-23-14-9-5-6-12-17(14)26-20/h5-9,11-13,15H,2-4,10H2,1H3,(H,22,25). The van der Waals surface area contributed by atoms with Gasteiger partial charge in [0.05, 0.1) is 16.3 Å². The van der Waals surface area contributed by atoms with E-state index in [2.05, 4.69) is 22.2 Å². The van der Waals surface area contributed by atoms with Gasteiger partial charge in [-0.3, -0.25) is 14.6 Å². The number of rotatable bonds is 8. The third-order valence-corrected chi connectivity index (χ3v) is 5.17. The molecule has 3 aromatic rings. The van der Waals surface area contributed by atoms with E-state index >= 15 is 0 Å². The minimum absolute atomic E-state index is 0.133. The normalized spacial score (nSPS) is 12.0. The molecule has 0 aliphatic carbocycles. The average Bonchev–Trinajstić information content (AvgIpc) is 3.11. The number of carbonyl (C=O) groups is 2. The van der Waals surface area contributed by atoms with Crippen molar-refractivity contribution >= 4 is 33.2 Å². The molecule has 1 amide bonds. The molecule has 3 rings (SSSR count). The van der Waals surface area contributed by atoms with Crippen LogP contribution in [-0.2, 0) is 0 Å². The first-order valence-electron chi connectivity index (χ1n) is 8.80. The van der Waals surface area contributed by atoms with Gasteiger partial charge in [-0.15, -0.1) is 11.3 Å². The van der Waals surface area contributed by atoms with E-state index in [0.717, 1.165) is 29.5 Å². The number of hydrogen-bond acceptors (Lipinski definition) is 5. The van der Waals surface area contributed by atoms with Gasteiger partial charge >= 0.3 is 0 Å². The van der Waals surface area contributed by atoms with Gasteiger partial charge in [0, 0.05) is 6.20 Å². The van der Waals surface area contributed by atoms with E-state index in [-0.39, 0.29) is 11.7 Å². The van der Waals surface area contributed by atoms with Gasteiger partial charge in [0.25, 0.3) is 5.91 Å². The molecular weight excluding hydrogens is 346 g/mol. The van der Waals surface area contributed by atoms with E-state index in [4.69, 9.17) is 0 Å². The van der Waals surface area contributed by atoms with Crippen molar-refractivity contribution in [2.45, 2.75) is 38.6 Å². The number of aromatic nitrogens is 2. The zero-order valence-corrected chi connectivity index (χ0v) is 15.5. The zero-order valence-electron chi connectivity index (χ0n) is 14.6. The van der Waals surface area contributed by atoms with Crippen LogP contribution in [0.15, 0.2) is 48.7 Å². The number of unbranched alkanes of at least 4 members (excludes halogenated alkanes) is 2. The van der Waals surface area contributed by atoms with Crippen LogP contribution in [0.4, 0.5) is 0 Å². The van der Waals surface area contributed by atoms with Gasteiger partial charge in [0.15, 0.2) is 5.01 Å². The Kier molecular flexibility index (Phi) is 6.07. The number of nitrogens with zero attached hydrogens (tertiary/aromatic N) is 2. The molecule has 1 aromatic carbocycles. The van der Waals surface area contributed by atoms with Crippen LogP contribution >= 0.6 is 11.3 Å². The van der Waals surface area contributed by atoms with E-state index in [1.807, 2.05) is 24.3 Å². The van der Waals surface area contributed by atoms with Crippen molar-refractivity contribution in [3.05, 3.63) is 59.4 Å². The third kappa shape index (κ3) is 4.32. The predicted octanol–water partition coefficient (Wildman–Crippen LogP) is 4.25. The number of fused-ring (bicyclic) bond motifs is 1. The maximum atomic E-state index is 13.0. The second-order valence-electron chi connectivity index (χ2n) is 6.09. The lowest BCUT2D eigenvalue weighted by molar-refractivity contribution is 0.0848. The number of hydrogen-bond donors (Lipinski definition) is 1. The fourth-order valence-corrected chi connectivity index (χ4v) is 3.68. The molecule has 0 bridgehead atoms. The van der Waals surface area contributed by atoms with Crippen LogP contribution in [0, 0.1) is 0 Å². The summed E-state index contributed by atoms with van der Waals surface area (Å²) in [5, 5.41) is 3.29. The quantitative estimate of drug-likeness (QED) is 0.477. The van der Waals surface area contributed by atoms with Crippen LogP contribution in [-0.4, -0.2) is 27.7 Å². The lowest BCUT2D eigenvalue weighted by atomic mass is 10.0. The van der Waals surface area contributed by atoms with E-state index < -0.39 is 6.04 Å². The predicted molar refractivity (Wildman–Crippen MR) is 104 cm³/mol. The Morgan fingerprint density at radius 3 is 2.65 bits per heavy atom. The van der Waals surface area contributed by atoms with E-state index in [9.17, 15) is 9.59 Å². The van der Waals surface area contributed by atoms with Gasteiger partial charge in [-0.25, -0.2) is 4.98 Å². The number of Topliss-reactive ketones (excluding diaryl/α,β-unsaturated/α-hetero) is 1. The summed E-state index contributed by atoms with van der Waals surface area (Å²) in [4.78, 5) is 33.9. The Balaban J connectivity index is 1.80. The molecular formula is C20H21N3O2S. The lowest BCUT2D eigenvalue weighted by Gasteiger charge is -2.16. The van der Waals surface area contributed by atoms with Crippen LogP contribution < -0.4 is 5.32 Å². The van der Waals surface area contributed by atoms with E-state index in [1.54, 1.807) is 24.4 Å². The molecule has 0 fully saturated rings. The molecule has 1 N–H and O–H groups in total. The molecule has 0 spiro atoms. The fourth-order valence-electron chi connectivity index (χ4n) is 2.72. The number of thiazole rings is 1. The van der Waals surface area contributed by atoms with Crippen molar-refractivity contribution in [2.24, 2.45) is 0 Å². The average molecular weight is 367 g/mol. The zero-order chi connectivity index (χ0) is 18.4. The number of carbonyl (C=O) groups excluding carboxylic acids is 2. The highest BCUT2D eigenvalue weighted by Gasteiger charge is 2.25. The molecule has 0 aliphatic rings. The summed E-state index contributed by atoms with van der Waals surface area (Å²) in [5.74, 6) is -0.465. The minimum atomic E-state index is -0.586. The second-order valence-corrected chi connectivity index (χ2v) is 7.12. The summed E-state index contributed by atoms with van der Waals surface area (Å²) in [6.07, 6.45) is 5.11. The molecule has 5 nitrogen and oxygen atoms in total. The number of benzene rings is 1. The van der Waals surface area contributed by atoms with Crippen LogP contribution in [0.5, 0.6) is 0 Å². The maximum Gasteiger partial charge on any atom is 0.270 e. The molecule has 6 heteroatoms. The van der Waals surface area contributed by atoms with Gasteiger partial charge in [-0.2, -0.15) is 0 Å². The summed E-state index contributed by atoms with van der Waals surface area (Å²) in [5.41, 5.74) is 1.12. The highest BCUT2D eigenvalue weighted by molar-refractivity contribution is 7.20. The molecule has 1 atom stereocenters. The number of ketones is 1. The molecule has 0 radical (unpaired) electrons. The van der Waals surface area contributed by atoms with Gasteiger partial charge in [0.1, 0.15) is 5.69 Å². The lowest BCUT2D eigenvalue weighted by Crippen LogP contribution is -2.41. The molecule has 134 valence electrons. The molecule has 2 heterocycles. The highest BCUT2D eigenvalue weighted by atomic mass is 32.1. The first kappa shape index (κ1) is 18.2. The molecule has 26 heavy (non-hydrogen) atoms. The van der Waals surface area contributed by atoms with E-state index in [1.165, 1.54) is 11.3 Å². The smallest absolute Gasteiger partial charge is 0.270 e. The summed E-state index contributed by atoms with van der Waals surface area (Å²) in [6, 6.07) is 12.2. The van der Waals surface area contributed by atoms with Crippen molar-refractivity contribution in [2.75, 3.05) is 0 Å². The third-order valence-electron chi connectivity index (χ3n) is 4.12. The maximum absolute atomic E-state index is 13.0. The van der Waals surface area contributed by atoms with Crippen molar-refractivity contribution in [1.29, 1.82) is 0 Å². The van der Waals surface area contributed by atoms with Crippen LogP contribution in [0.25, 0.3) is 10.2 Å². The summed E-state index contributed by atoms with van der Waals surface area (Å²) >= 11 is 1.37. The molecule has 0 aliphatic heterocycles. The van der Waals surface area contributed by atoms with Gasteiger partial charge in [-0.1, -0.05) is 44.4 Å². The van der Waals surface area contributed by atoms with Gasteiger partial charge < -0.3 is 5.32 Å². The minimum Gasteiger partial charge on any atom is -0.340 e. The number of nitrogens with one attached hydrogen (secondary N) is 1. The Labute approximate surface area is 156 Å². The highest BCUT2D eigenvalue weighted by Crippen LogP contribution is 2.23. The van der Waals surface area contributed by atoms with Crippen LogP contribution in [0.1, 0.15) is 52.9 Å². The molecule has 0 saturated carbocycles. The topological polar surface area (TPSA) is 72.0 Å². The Bertz CT molecular complexity index is 859. The van der Waals surface area contributed by atoms with Gasteiger partial charge in [0.2, 0.25) is 5.78 Å². The Morgan fingerprint density at radius 2 is 1.92 bits per heavy atom. The summed E-state index contributed by atoms with van der Waals surface area (Å²) < 4.78 is 0.971. The summed E-state index contributed by atoms with van der Waals surface area (Å²) in [7, 11) is 0. The Hall–Kier alpha value is -2.60. The summed E-state index contributed by atoms with van der Waals surface area (Å²) in [6.45, 7) is 2.11. The van der Waals surface area contributed by atoms with Crippen LogP contribution in [0.2, 0.25) is 0 Å². The van der Waals surface area contributed by atoms with Crippen molar-refractivity contribution in [1.82, 2.24) is 15.3 Å². The van der Waals surface area contributed by atoms with E-state index in [0.29, 0.717) is 17.1 Å². The second kappa shape index (κ2) is 8.67. The largest absolute Gasteiger partial charge is 0.340 e. The van der Waals surface area contributed by atoms with Crippen molar-refractivity contribution in [3.8, 4) is 0 Å². The molecule has 0 saturated heterocycles. The first-order chi connectivity index (χ1) is 12.7. The monoisotopic (exact) mass is 367 g/mol. The molecule has 2 aromatic heterocycles. The van der Waals surface area contributed by atoms with Gasteiger partial charge in [-0.05, 0) is 30.7 Å². The van der Waals surface area contributed by atoms with Crippen molar-refractivity contribution < 1.29 is 9.59 Å². The SMILES string of the molecule is CCCCCC(NC(=O)c1ccccn1)C(=O)c1nc2ccccc2s1. The Morgan fingerprint density at radius 1 is 1.12 bits per heavy atom. The number of para-hydroxylation sites is 1. The number of amides is 1. The van der Waals surface area contributed by atoms with Crippen LogP contribution in [0.3, 0.4) is 0 Å². The number of pyridine rings is 1. The van der Waals surface area contributed by atoms with Crippen molar-refractivity contribution in [3.63, 3.8) is 0 Å². The fraction of sp³-hybridized carbons (Fsp3) is 0.300. The first-order valence-corrected chi connectivity index (χ1v) is 9.62. The molecule has 1 unspecified atom stereocenters.